The third kappa shape index (κ3) is 2.11. The number of nitrogens with one attached hydrogen (secondary N) is 1. The van der Waals surface area contributed by atoms with E-state index < -0.39 is 0 Å². The minimum atomic E-state index is 0.674. The standard InChI is InChI=1S/C19H16N2O2/c1-22-16-11-5-8-13(18(16)23-2)19-20-14-9-3-6-12-7-4-10-15(21-19)17(12)14/h3-11H,1-2H3,(H,20,21). The fourth-order valence-electron chi connectivity index (χ4n) is 3.00. The number of rotatable bonds is 3. The number of nitrogens with zero attached hydrogens (tertiary/aromatic N) is 1. The molecule has 4 rings (SSSR count). The lowest BCUT2D eigenvalue weighted by atomic mass is 10.0. The Morgan fingerprint density at radius 3 is 2.43 bits per heavy atom. The fourth-order valence-corrected chi connectivity index (χ4v) is 3.00. The Bertz CT molecular complexity index is 927. The molecule has 3 aromatic carbocycles. The predicted molar refractivity (Wildman–Crippen MR) is 93.3 cm³/mol. The molecule has 0 aliphatic carbocycles. The summed E-state index contributed by atoms with van der Waals surface area (Å²) in [6.45, 7) is 0. The van der Waals surface area contributed by atoms with E-state index >= 15 is 0 Å². The number of ether oxygens (including phenoxy) is 2. The summed E-state index contributed by atoms with van der Waals surface area (Å²) in [5.41, 5.74) is 2.88. The number of aliphatic imine (C=N–C) groups is 1. The number of hydrogen-bond acceptors (Lipinski definition) is 4. The third-order valence-electron chi connectivity index (χ3n) is 4.03. The number of methoxy groups -OCH3 is 2. The average Bonchev–Trinajstić information content (AvgIpc) is 2.61. The van der Waals surface area contributed by atoms with Crippen LogP contribution in [0.2, 0.25) is 0 Å². The fraction of sp³-hybridized carbons (Fsp3) is 0.105. The molecule has 0 amide bonds. The van der Waals surface area contributed by atoms with Gasteiger partial charge in [0.25, 0.3) is 0 Å². The largest absolute Gasteiger partial charge is 0.493 e. The molecule has 114 valence electrons. The average molecular weight is 304 g/mol. The van der Waals surface area contributed by atoms with Gasteiger partial charge in [0.15, 0.2) is 11.5 Å². The van der Waals surface area contributed by atoms with Crippen LogP contribution in [-0.2, 0) is 0 Å². The SMILES string of the molecule is COc1cccc(C2=Nc3cccc4cccc(c34)N2)c1OC. The van der Waals surface area contributed by atoms with Crippen molar-refractivity contribution in [3.63, 3.8) is 0 Å². The van der Waals surface area contributed by atoms with Crippen LogP contribution >= 0.6 is 0 Å². The molecule has 0 aromatic heterocycles. The van der Waals surface area contributed by atoms with E-state index in [2.05, 4.69) is 23.5 Å². The van der Waals surface area contributed by atoms with Crippen LogP contribution in [0, 0.1) is 0 Å². The molecule has 1 heterocycles. The molecule has 0 unspecified atom stereocenters. The topological polar surface area (TPSA) is 42.8 Å². The predicted octanol–water partition coefficient (Wildman–Crippen LogP) is 4.36. The Morgan fingerprint density at radius 1 is 0.870 bits per heavy atom. The Morgan fingerprint density at radius 2 is 1.65 bits per heavy atom. The molecule has 1 aliphatic rings. The Balaban J connectivity index is 1.93. The molecule has 1 N–H and O–H groups in total. The maximum Gasteiger partial charge on any atom is 0.171 e. The summed E-state index contributed by atoms with van der Waals surface area (Å²) in [6, 6.07) is 18.1. The van der Waals surface area contributed by atoms with Gasteiger partial charge in [-0.2, -0.15) is 0 Å². The summed E-state index contributed by atoms with van der Waals surface area (Å²) in [6.07, 6.45) is 0. The van der Waals surface area contributed by atoms with Gasteiger partial charge in [0.1, 0.15) is 5.84 Å². The van der Waals surface area contributed by atoms with E-state index in [1.54, 1.807) is 14.2 Å². The van der Waals surface area contributed by atoms with E-state index in [1.165, 1.54) is 5.39 Å². The lowest BCUT2D eigenvalue weighted by Crippen LogP contribution is -2.17. The van der Waals surface area contributed by atoms with Gasteiger partial charge in [-0.3, -0.25) is 0 Å². The molecule has 3 aromatic rings. The second-order valence-electron chi connectivity index (χ2n) is 5.31. The number of benzene rings is 3. The summed E-state index contributed by atoms with van der Waals surface area (Å²) in [5, 5.41) is 5.73. The Labute approximate surface area is 134 Å². The first kappa shape index (κ1) is 13.6. The van der Waals surface area contributed by atoms with Gasteiger partial charge in [-0.1, -0.05) is 30.3 Å². The lowest BCUT2D eigenvalue weighted by Gasteiger charge is -2.21. The van der Waals surface area contributed by atoms with E-state index in [0.717, 1.165) is 28.2 Å². The second kappa shape index (κ2) is 5.32. The number of amidine groups is 1. The molecule has 0 fully saturated rings. The van der Waals surface area contributed by atoms with Crippen molar-refractivity contribution in [3.8, 4) is 11.5 Å². The van der Waals surface area contributed by atoms with Gasteiger partial charge < -0.3 is 14.8 Å². The molecule has 0 saturated carbocycles. The number of para-hydroxylation sites is 1. The van der Waals surface area contributed by atoms with Crippen molar-refractivity contribution >= 4 is 28.0 Å². The van der Waals surface area contributed by atoms with Crippen LogP contribution in [0.15, 0.2) is 59.6 Å². The monoisotopic (exact) mass is 304 g/mol. The molecule has 0 atom stereocenters. The quantitative estimate of drug-likeness (QED) is 0.781. The van der Waals surface area contributed by atoms with Gasteiger partial charge in [0, 0.05) is 11.1 Å². The first-order valence-electron chi connectivity index (χ1n) is 7.40. The molecular formula is C19H16N2O2. The molecule has 0 saturated heterocycles. The van der Waals surface area contributed by atoms with Crippen LogP contribution in [0.25, 0.3) is 10.8 Å². The number of anilines is 1. The summed E-state index contributed by atoms with van der Waals surface area (Å²) in [7, 11) is 3.27. The van der Waals surface area contributed by atoms with Gasteiger partial charge in [-0.15, -0.1) is 0 Å². The minimum absolute atomic E-state index is 0.674. The minimum Gasteiger partial charge on any atom is -0.493 e. The van der Waals surface area contributed by atoms with Crippen LogP contribution in [0.3, 0.4) is 0 Å². The Kier molecular flexibility index (Phi) is 3.15. The number of hydrogen-bond donors (Lipinski definition) is 1. The summed E-state index contributed by atoms with van der Waals surface area (Å²) in [5.74, 6) is 2.12. The molecule has 0 radical (unpaired) electrons. The van der Waals surface area contributed by atoms with E-state index in [4.69, 9.17) is 14.5 Å². The van der Waals surface area contributed by atoms with Gasteiger partial charge in [0.05, 0.1) is 25.5 Å². The highest BCUT2D eigenvalue weighted by Gasteiger charge is 2.20. The summed E-state index contributed by atoms with van der Waals surface area (Å²) < 4.78 is 10.9. The summed E-state index contributed by atoms with van der Waals surface area (Å²) >= 11 is 0. The Hall–Kier alpha value is -3.01. The molecule has 0 bridgehead atoms. The van der Waals surface area contributed by atoms with Crippen LogP contribution in [0.5, 0.6) is 11.5 Å². The first-order valence-corrected chi connectivity index (χ1v) is 7.40. The van der Waals surface area contributed by atoms with Crippen LogP contribution < -0.4 is 14.8 Å². The molecule has 4 heteroatoms. The molecule has 1 aliphatic heterocycles. The molecule has 0 spiro atoms. The van der Waals surface area contributed by atoms with Gasteiger partial charge in [-0.25, -0.2) is 4.99 Å². The molecular weight excluding hydrogens is 288 g/mol. The highest BCUT2D eigenvalue weighted by molar-refractivity contribution is 6.20. The van der Waals surface area contributed by atoms with E-state index in [0.29, 0.717) is 11.5 Å². The molecule has 4 nitrogen and oxygen atoms in total. The van der Waals surface area contributed by atoms with Gasteiger partial charge in [0.2, 0.25) is 0 Å². The normalized spacial score (nSPS) is 12.5. The van der Waals surface area contributed by atoms with Crippen molar-refractivity contribution < 1.29 is 9.47 Å². The van der Waals surface area contributed by atoms with Crippen LogP contribution in [-0.4, -0.2) is 20.1 Å². The van der Waals surface area contributed by atoms with Crippen molar-refractivity contribution in [2.45, 2.75) is 0 Å². The van der Waals surface area contributed by atoms with Crippen molar-refractivity contribution in [1.29, 1.82) is 0 Å². The van der Waals surface area contributed by atoms with Gasteiger partial charge in [-0.05, 0) is 29.7 Å². The van der Waals surface area contributed by atoms with Crippen LogP contribution in [0.1, 0.15) is 5.56 Å². The van der Waals surface area contributed by atoms with Crippen molar-refractivity contribution in [3.05, 3.63) is 60.2 Å². The van der Waals surface area contributed by atoms with Crippen molar-refractivity contribution in [2.24, 2.45) is 4.99 Å². The van der Waals surface area contributed by atoms with Crippen LogP contribution in [0.4, 0.5) is 11.4 Å². The maximum absolute atomic E-state index is 5.54. The summed E-state index contributed by atoms with van der Waals surface area (Å²) in [4.78, 5) is 4.79. The smallest absolute Gasteiger partial charge is 0.171 e. The van der Waals surface area contributed by atoms with Crippen molar-refractivity contribution in [1.82, 2.24) is 0 Å². The van der Waals surface area contributed by atoms with Gasteiger partial charge >= 0.3 is 0 Å². The first-order chi connectivity index (χ1) is 11.3. The lowest BCUT2D eigenvalue weighted by molar-refractivity contribution is 0.354. The second-order valence-corrected chi connectivity index (χ2v) is 5.31. The van der Waals surface area contributed by atoms with Crippen molar-refractivity contribution in [2.75, 3.05) is 19.5 Å². The highest BCUT2D eigenvalue weighted by Crippen LogP contribution is 2.38. The molecule has 23 heavy (non-hydrogen) atoms. The maximum atomic E-state index is 5.54. The van der Waals surface area contributed by atoms with E-state index in [9.17, 15) is 0 Å². The zero-order valence-electron chi connectivity index (χ0n) is 13.0. The third-order valence-corrected chi connectivity index (χ3v) is 4.03. The highest BCUT2D eigenvalue weighted by atomic mass is 16.5. The zero-order chi connectivity index (χ0) is 15.8. The zero-order valence-corrected chi connectivity index (χ0v) is 13.0. The van der Waals surface area contributed by atoms with E-state index in [1.807, 2.05) is 36.4 Å². The van der Waals surface area contributed by atoms with E-state index in [-0.39, 0.29) is 0 Å².